The number of nitro benzene ring substituents is 1. The lowest BCUT2D eigenvalue weighted by Crippen LogP contribution is -2.22. The molecular formula is C18H18FN7O5. The number of nitrogens with zero attached hydrogens (tertiary/aromatic N) is 5. The molecule has 1 aromatic carbocycles. The standard InChI is InChI=1S/C18H18FN7O5/c1-3-24-9-13(16(23-24)18(28)20-2)21-17(27)12-6-7-25(22-12)10-31-15-8-11(19)4-5-14(15)26(29)30/h4-9H,3,10H2,1-2H3,(H,20,28)(H,21,27). The summed E-state index contributed by atoms with van der Waals surface area (Å²) in [5, 5.41) is 24.2. The largest absolute Gasteiger partial charge is 0.464 e. The SMILES string of the molecule is CCn1cc(NC(=O)c2ccn(COc3cc(F)ccc3[N+](=O)[O-])n2)c(C(=O)NC)n1. The van der Waals surface area contributed by atoms with Crippen LogP contribution in [0.2, 0.25) is 0 Å². The number of aryl methyl sites for hydroxylation is 1. The Morgan fingerprint density at radius 1 is 1.23 bits per heavy atom. The Hall–Kier alpha value is -4.29. The van der Waals surface area contributed by atoms with Gasteiger partial charge in [0, 0.05) is 38.1 Å². The van der Waals surface area contributed by atoms with E-state index in [-0.39, 0.29) is 29.6 Å². The second-order valence-corrected chi connectivity index (χ2v) is 6.16. The van der Waals surface area contributed by atoms with Crippen LogP contribution in [0.15, 0.2) is 36.7 Å². The number of amides is 2. The predicted octanol–water partition coefficient (Wildman–Crippen LogP) is 1.80. The number of benzene rings is 1. The fourth-order valence-corrected chi connectivity index (χ4v) is 2.59. The average Bonchev–Trinajstić information content (AvgIpc) is 3.38. The highest BCUT2D eigenvalue weighted by atomic mass is 19.1. The molecule has 0 aliphatic rings. The monoisotopic (exact) mass is 431 g/mol. The molecule has 0 unspecified atom stereocenters. The molecule has 0 aliphatic carbocycles. The van der Waals surface area contributed by atoms with Gasteiger partial charge in [0.25, 0.3) is 11.8 Å². The summed E-state index contributed by atoms with van der Waals surface area (Å²) in [7, 11) is 1.45. The highest BCUT2D eigenvalue weighted by molar-refractivity contribution is 6.07. The first-order valence-electron chi connectivity index (χ1n) is 9.03. The highest BCUT2D eigenvalue weighted by Gasteiger charge is 2.20. The van der Waals surface area contributed by atoms with Gasteiger partial charge in [0.05, 0.1) is 10.6 Å². The summed E-state index contributed by atoms with van der Waals surface area (Å²) in [6, 6.07) is 4.23. The molecule has 2 N–H and O–H groups in total. The van der Waals surface area contributed by atoms with Gasteiger partial charge in [-0.3, -0.25) is 24.4 Å². The molecule has 0 saturated carbocycles. The third-order valence-corrected chi connectivity index (χ3v) is 4.12. The van der Waals surface area contributed by atoms with Gasteiger partial charge in [0.2, 0.25) is 5.75 Å². The second kappa shape index (κ2) is 9.02. The molecule has 0 aliphatic heterocycles. The van der Waals surface area contributed by atoms with Gasteiger partial charge in [-0.15, -0.1) is 0 Å². The fraction of sp³-hybridized carbons (Fsp3) is 0.222. The first kappa shape index (κ1) is 21.4. The van der Waals surface area contributed by atoms with Gasteiger partial charge in [-0.1, -0.05) is 0 Å². The number of nitrogens with one attached hydrogen (secondary N) is 2. The molecule has 12 nitrogen and oxygen atoms in total. The molecule has 3 rings (SSSR count). The highest BCUT2D eigenvalue weighted by Crippen LogP contribution is 2.27. The van der Waals surface area contributed by atoms with Crippen LogP contribution in [0.25, 0.3) is 0 Å². The van der Waals surface area contributed by atoms with Gasteiger partial charge < -0.3 is 15.4 Å². The Morgan fingerprint density at radius 3 is 2.68 bits per heavy atom. The molecule has 0 atom stereocenters. The summed E-state index contributed by atoms with van der Waals surface area (Å²) < 4.78 is 21.4. The van der Waals surface area contributed by atoms with E-state index in [1.54, 1.807) is 0 Å². The van der Waals surface area contributed by atoms with Crippen molar-refractivity contribution in [2.24, 2.45) is 0 Å². The van der Waals surface area contributed by atoms with E-state index in [2.05, 4.69) is 20.8 Å². The minimum absolute atomic E-state index is 0.00412. The van der Waals surface area contributed by atoms with Gasteiger partial charge in [-0.25, -0.2) is 9.07 Å². The zero-order valence-corrected chi connectivity index (χ0v) is 16.5. The van der Waals surface area contributed by atoms with Crippen LogP contribution < -0.4 is 15.4 Å². The van der Waals surface area contributed by atoms with Crippen LogP contribution in [0.3, 0.4) is 0 Å². The van der Waals surface area contributed by atoms with Crippen LogP contribution >= 0.6 is 0 Å². The first-order chi connectivity index (χ1) is 14.8. The molecule has 0 fully saturated rings. The molecule has 162 valence electrons. The Kier molecular flexibility index (Phi) is 6.23. The van der Waals surface area contributed by atoms with E-state index in [1.807, 2.05) is 6.92 Å². The van der Waals surface area contributed by atoms with E-state index in [4.69, 9.17) is 4.74 Å². The number of nitro groups is 1. The number of carbonyl (C=O) groups is 2. The number of aromatic nitrogens is 4. The summed E-state index contributed by atoms with van der Waals surface area (Å²) in [5.74, 6) is -2.02. The summed E-state index contributed by atoms with van der Waals surface area (Å²) in [4.78, 5) is 34.8. The van der Waals surface area contributed by atoms with Crippen molar-refractivity contribution in [3.63, 3.8) is 0 Å². The van der Waals surface area contributed by atoms with E-state index in [1.165, 1.54) is 34.9 Å². The average molecular weight is 431 g/mol. The van der Waals surface area contributed by atoms with Crippen LogP contribution in [0.1, 0.15) is 27.9 Å². The number of anilines is 1. The first-order valence-corrected chi connectivity index (χ1v) is 9.03. The van der Waals surface area contributed by atoms with Gasteiger partial charge in [-0.2, -0.15) is 10.2 Å². The molecule has 2 aromatic heterocycles. The lowest BCUT2D eigenvalue weighted by atomic mass is 10.3. The number of rotatable bonds is 8. The molecule has 0 saturated heterocycles. The zero-order chi connectivity index (χ0) is 22.5. The Bertz CT molecular complexity index is 1140. The van der Waals surface area contributed by atoms with Crippen LogP contribution in [-0.4, -0.2) is 43.3 Å². The van der Waals surface area contributed by atoms with Gasteiger partial charge in [0.15, 0.2) is 18.1 Å². The molecule has 3 aromatic rings. The van der Waals surface area contributed by atoms with E-state index in [9.17, 15) is 24.1 Å². The maximum Gasteiger partial charge on any atom is 0.311 e. The fourth-order valence-electron chi connectivity index (χ4n) is 2.59. The van der Waals surface area contributed by atoms with Gasteiger partial charge >= 0.3 is 5.69 Å². The maximum atomic E-state index is 13.4. The van der Waals surface area contributed by atoms with E-state index >= 15 is 0 Å². The van der Waals surface area contributed by atoms with E-state index in [0.717, 1.165) is 18.2 Å². The van der Waals surface area contributed by atoms with Crippen molar-refractivity contribution in [3.05, 3.63) is 64.0 Å². The third-order valence-electron chi connectivity index (χ3n) is 4.12. The Morgan fingerprint density at radius 2 is 2.00 bits per heavy atom. The summed E-state index contributed by atoms with van der Waals surface area (Å²) in [6.45, 7) is 2.03. The molecule has 2 amide bonds. The molecule has 0 spiro atoms. The van der Waals surface area contributed by atoms with Gasteiger partial charge in [0.1, 0.15) is 5.82 Å². The van der Waals surface area contributed by atoms with Crippen molar-refractivity contribution >= 4 is 23.2 Å². The Balaban J connectivity index is 1.71. The van der Waals surface area contributed by atoms with Crippen molar-refractivity contribution in [2.45, 2.75) is 20.2 Å². The lowest BCUT2D eigenvalue weighted by Gasteiger charge is -2.07. The predicted molar refractivity (Wildman–Crippen MR) is 105 cm³/mol. The van der Waals surface area contributed by atoms with Crippen molar-refractivity contribution in [3.8, 4) is 5.75 Å². The van der Waals surface area contributed by atoms with Crippen LogP contribution in [0.5, 0.6) is 5.75 Å². The minimum Gasteiger partial charge on any atom is -0.464 e. The quantitative estimate of drug-likeness (QED) is 0.408. The molecular weight excluding hydrogens is 413 g/mol. The lowest BCUT2D eigenvalue weighted by molar-refractivity contribution is -0.386. The van der Waals surface area contributed by atoms with Crippen molar-refractivity contribution < 1.29 is 23.6 Å². The normalized spacial score (nSPS) is 10.5. The molecule has 2 heterocycles. The number of carbonyl (C=O) groups excluding carboxylic acids is 2. The number of ether oxygens (including phenoxy) is 1. The van der Waals surface area contributed by atoms with Gasteiger partial charge in [-0.05, 0) is 19.1 Å². The van der Waals surface area contributed by atoms with Crippen molar-refractivity contribution in [1.82, 2.24) is 24.9 Å². The number of hydrogen-bond donors (Lipinski definition) is 2. The molecule has 31 heavy (non-hydrogen) atoms. The zero-order valence-electron chi connectivity index (χ0n) is 16.5. The second-order valence-electron chi connectivity index (χ2n) is 6.16. The van der Waals surface area contributed by atoms with Crippen LogP contribution in [-0.2, 0) is 13.3 Å². The van der Waals surface area contributed by atoms with E-state index < -0.39 is 28.2 Å². The van der Waals surface area contributed by atoms with Crippen LogP contribution in [0, 0.1) is 15.9 Å². The molecule has 0 bridgehead atoms. The number of halogens is 1. The Labute approximate surface area is 174 Å². The van der Waals surface area contributed by atoms with Crippen molar-refractivity contribution in [1.29, 1.82) is 0 Å². The van der Waals surface area contributed by atoms with Crippen molar-refractivity contribution in [2.75, 3.05) is 12.4 Å². The molecule has 13 heteroatoms. The smallest absolute Gasteiger partial charge is 0.311 e. The third kappa shape index (κ3) is 4.83. The van der Waals surface area contributed by atoms with E-state index in [0.29, 0.717) is 6.54 Å². The maximum absolute atomic E-state index is 13.4. The minimum atomic E-state index is -0.697. The summed E-state index contributed by atoms with van der Waals surface area (Å²) in [5.41, 5.74) is -0.128. The number of hydrogen-bond acceptors (Lipinski definition) is 7. The molecule has 0 radical (unpaired) electrons. The summed E-state index contributed by atoms with van der Waals surface area (Å²) >= 11 is 0. The van der Waals surface area contributed by atoms with Crippen LogP contribution in [0.4, 0.5) is 15.8 Å². The topological polar surface area (TPSA) is 146 Å². The summed E-state index contributed by atoms with van der Waals surface area (Å²) in [6.07, 6.45) is 2.93.